The molecular weight excluding hydrogens is 427 g/mol. The number of aromatic nitrogens is 1. The second-order valence-corrected chi connectivity index (χ2v) is 6.54. The topological polar surface area (TPSA) is 62.5 Å². The number of nitrogens with two attached hydrogens (primary N) is 1. The van der Waals surface area contributed by atoms with Crippen molar-refractivity contribution >= 4 is 58.2 Å². The summed E-state index contributed by atoms with van der Waals surface area (Å²) in [6.45, 7) is 3.07. The van der Waals surface area contributed by atoms with Crippen LogP contribution in [0.1, 0.15) is 5.56 Å². The third kappa shape index (κ3) is 5.76. The zero-order chi connectivity index (χ0) is 16.2. The number of carbonyl (C=O) groups excluding carboxylic acids is 1. The van der Waals surface area contributed by atoms with Crippen LogP contribution in [0.25, 0.3) is 0 Å². The SMILES string of the molecule is Cl.Cl.Nc1ccc(CC(=O)N2CCN(c3ccc(Br)cn3)CC2)cc1. The van der Waals surface area contributed by atoms with Crippen LogP contribution in [0, 0.1) is 0 Å². The van der Waals surface area contributed by atoms with Crippen molar-refractivity contribution in [3.8, 4) is 0 Å². The van der Waals surface area contributed by atoms with Crippen molar-refractivity contribution < 1.29 is 4.79 Å². The van der Waals surface area contributed by atoms with Crippen LogP contribution in [0.3, 0.4) is 0 Å². The van der Waals surface area contributed by atoms with Crippen LogP contribution in [0.4, 0.5) is 11.5 Å². The van der Waals surface area contributed by atoms with E-state index in [1.807, 2.05) is 41.3 Å². The van der Waals surface area contributed by atoms with Gasteiger partial charge in [0.25, 0.3) is 0 Å². The van der Waals surface area contributed by atoms with Gasteiger partial charge in [0.05, 0.1) is 6.42 Å². The highest BCUT2D eigenvalue weighted by Crippen LogP contribution is 2.17. The third-order valence-electron chi connectivity index (χ3n) is 4.00. The number of nitrogens with zero attached hydrogens (tertiary/aromatic N) is 3. The molecule has 0 aliphatic carbocycles. The van der Waals surface area contributed by atoms with Crippen molar-refractivity contribution in [1.29, 1.82) is 0 Å². The first kappa shape index (κ1) is 21.5. The van der Waals surface area contributed by atoms with Gasteiger partial charge in [0.2, 0.25) is 5.91 Å². The normalized spacial score (nSPS) is 13.6. The van der Waals surface area contributed by atoms with Crippen LogP contribution in [-0.4, -0.2) is 42.0 Å². The molecule has 0 spiro atoms. The Kier molecular flexibility index (Phi) is 8.48. The number of hydrogen-bond donors (Lipinski definition) is 1. The molecule has 25 heavy (non-hydrogen) atoms. The molecule has 3 rings (SSSR count). The van der Waals surface area contributed by atoms with Gasteiger partial charge in [-0.15, -0.1) is 24.8 Å². The maximum atomic E-state index is 12.4. The molecule has 1 amide bonds. The Morgan fingerprint density at radius 1 is 1.04 bits per heavy atom. The summed E-state index contributed by atoms with van der Waals surface area (Å²) >= 11 is 3.39. The lowest BCUT2D eigenvalue weighted by Crippen LogP contribution is -2.49. The minimum atomic E-state index is 0. The summed E-state index contributed by atoms with van der Waals surface area (Å²) in [5.41, 5.74) is 7.39. The first-order chi connectivity index (χ1) is 11.1. The fourth-order valence-electron chi connectivity index (χ4n) is 2.66. The number of hydrogen-bond acceptors (Lipinski definition) is 4. The second-order valence-electron chi connectivity index (χ2n) is 5.62. The summed E-state index contributed by atoms with van der Waals surface area (Å²) in [4.78, 5) is 20.9. The number of anilines is 2. The Balaban J connectivity index is 0.00000156. The molecular formula is C17H21BrCl2N4O. The molecule has 1 aromatic carbocycles. The van der Waals surface area contributed by atoms with E-state index in [1.54, 1.807) is 6.20 Å². The summed E-state index contributed by atoms with van der Waals surface area (Å²) in [7, 11) is 0. The van der Waals surface area contributed by atoms with Gasteiger partial charge >= 0.3 is 0 Å². The third-order valence-corrected chi connectivity index (χ3v) is 4.47. The van der Waals surface area contributed by atoms with Crippen molar-refractivity contribution in [3.63, 3.8) is 0 Å². The molecule has 0 radical (unpaired) electrons. The van der Waals surface area contributed by atoms with Crippen molar-refractivity contribution in [2.24, 2.45) is 0 Å². The molecule has 2 heterocycles. The Morgan fingerprint density at radius 2 is 1.68 bits per heavy atom. The second kappa shape index (κ2) is 9.85. The minimum absolute atomic E-state index is 0. The van der Waals surface area contributed by atoms with Gasteiger partial charge in [-0.25, -0.2) is 4.98 Å². The number of halogens is 3. The van der Waals surface area contributed by atoms with E-state index in [9.17, 15) is 4.79 Å². The summed E-state index contributed by atoms with van der Waals surface area (Å²) in [6, 6.07) is 11.5. The first-order valence-electron chi connectivity index (χ1n) is 7.60. The van der Waals surface area contributed by atoms with E-state index in [0.29, 0.717) is 6.42 Å². The number of nitrogen functional groups attached to an aromatic ring is 1. The number of piperazine rings is 1. The van der Waals surface area contributed by atoms with Crippen molar-refractivity contribution in [2.45, 2.75) is 6.42 Å². The van der Waals surface area contributed by atoms with Gasteiger partial charge in [0, 0.05) is 42.5 Å². The number of rotatable bonds is 3. The van der Waals surface area contributed by atoms with E-state index in [4.69, 9.17) is 5.73 Å². The van der Waals surface area contributed by atoms with E-state index in [1.165, 1.54) is 0 Å². The molecule has 5 nitrogen and oxygen atoms in total. The van der Waals surface area contributed by atoms with Crippen LogP contribution < -0.4 is 10.6 Å². The number of amides is 1. The zero-order valence-electron chi connectivity index (χ0n) is 13.6. The van der Waals surface area contributed by atoms with E-state index in [-0.39, 0.29) is 30.7 Å². The lowest BCUT2D eigenvalue weighted by molar-refractivity contribution is -0.130. The fourth-order valence-corrected chi connectivity index (χ4v) is 2.90. The molecule has 0 atom stereocenters. The summed E-state index contributed by atoms with van der Waals surface area (Å²) in [5, 5.41) is 0. The number of pyridine rings is 1. The largest absolute Gasteiger partial charge is 0.399 e. The Hall–Kier alpha value is -1.50. The maximum absolute atomic E-state index is 12.4. The van der Waals surface area contributed by atoms with Gasteiger partial charge < -0.3 is 15.5 Å². The highest BCUT2D eigenvalue weighted by molar-refractivity contribution is 9.10. The van der Waals surface area contributed by atoms with Crippen LogP contribution in [0.5, 0.6) is 0 Å². The molecule has 1 aliphatic heterocycles. The average Bonchev–Trinajstić information content (AvgIpc) is 2.58. The first-order valence-corrected chi connectivity index (χ1v) is 8.40. The standard InChI is InChI=1S/C17H19BrN4O.2ClH/c18-14-3-6-16(20-12-14)21-7-9-22(10-8-21)17(23)11-13-1-4-15(19)5-2-13;;/h1-6,12H,7-11,19H2;2*1H. The molecule has 136 valence electrons. The van der Waals surface area contributed by atoms with Crippen molar-refractivity contribution in [3.05, 3.63) is 52.6 Å². The molecule has 0 saturated carbocycles. The zero-order valence-corrected chi connectivity index (χ0v) is 16.8. The van der Waals surface area contributed by atoms with Crippen LogP contribution in [-0.2, 0) is 11.2 Å². The molecule has 1 aliphatic rings. The Labute approximate surface area is 168 Å². The van der Waals surface area contributed by atoms with E-state index >= 15 is 0 Å². The fraction of sp³-hybridized carbons (Fsp3) is 0.294. The van der Waals surface area contributed by atoms with Crippen molar-refractivity contribution in [1.82, 2.24) is 9.88 Å². The van der Waals surface area contributed by atoms with Gasteiger partial charge in [0.1, 0.15) is 5.82 Å². The van der Waals surface area contributed by atoms with E-state index in [2.05, 4.69) is 25.8 Å². The average molecular weight is 448 g/mol. The highest BCUT2D eigenvalue weighted by atomic mass is 79.9. The lowest BCUT2D eigenvalue weighted by atomic mass is 10.1. The van der Waals surface area contributed by atoms with Crippen LogP contribution in [0.15, 0.2) is 47.1 Å². The summed E-state index contributed by atoms with van der Waals surface area (Å²) in [5.74, 6) is 1.12. The number of carbonyl (C=O) groups is 1. The molecule has 8 heteroatoms. The van der Waals surface area contributed by atoms with Gasteiger partial charge in [-0.3, -0.25) is 4.79 Å². The quantitative estimate of drug-likeness (QED) is 0.734. The monoisotopic (exact) mass is 446 g/mol. The summed E-state index contributed by atoms with van der Waals surface area (Å²) < 4.78 is 0.971. The van der Waals surface area contributed by atoms with Crippen molar-refractivity contribution in [2.75, 3.05) is 36.8 Å². The molecule has 2 N–H and O–H groups in total. The van der Waals surface area contributed by atoms with Gasteiger partial charge in [-0.05, 0) is 45.8 Å². The minimum Gasteiger partial charge on any atom is -0.399 e. The Bertz CT molecular complexity index is 674. The molecule has 1 saturated heterocycles. The predicted octanol–water partition coefficient (Wildman–Crippen LogP) is 3.16. The number of benzene rings is 1. The van der Waals surface area contributed by atoms with Gasteiger partial charge in [-0.2, -0.15) is 0 Å². The summed E-state index contributed by atoms with van der Waals surface area (Å²) in [6.07, 6.45) is 2.23. The molecule has 1 fully saturated rings. The lowest BCUT2D eigenvalue weighted by Gasteiger charge is -2.35. The molecule has 0 unspecified atom stereocenters. The predicted molar refractivity (Wildman–Crippen MR) is 110 cm³/mol. The molecule has 0 bridgehead atoms. The van der Waals surface area contributed by atoms with E-state index < -0.39 is 0 Å². The molecule has 2 aromatic rings. The van der Waals surface area contributed by atoms with Crippen LogP contribution >= 0.6 is 40.7 Å². The van der Waals surface area contributed by atoms with E-state index in [0.717, 1.165) is 47.7 Å². The van der Waals surface area contributed by atoms with Gasteiger partial charge in [-0.1, -0.05) is 12.1 Å². The highest BCUT2D eigenvalue weighted by Gasteiger charge is 2.21. The van der Waals surface area contributed by atoms with Crippen LogP contribution in [0.2, 0.25) is 0 Å². The Morgan fingerprint density at radius 3 is 2.24 bits per heavy atom. The van der Waals surface area contributed by atoms with Gasteiger partial charge in [0.15, 0.2) is 0 Å². The smallest absolute Gasteiger partial charge is 0.227 e. The maximum Gasteiger partial charge on any atom is 0.227 e. The molecule has 1 aromatic heterocycles.